The van der Waals surface area contributed by atoms with Gasteiger partial charge in [-0.25, -0.2) is 0 Å². The Morgan fingerprint density at radius 2 is 2.07 bits per heavy atom. The minimum Gasteiger partial charge on any atom is -0.504 e. The Kier molecular flexibility index (Phi) is 3.92. The molecule has 0 bridgehead atoms. The van der Waals surface area contributed by atoms with Gasteiger partial charge in [-0.15, -0.1) is 0 Å². The largest absolute Gasteiger partial charge is 0.504 e. The number of nitrogens with one attached hydrogen (secondary N) is 1. The van der Waals surface area contributed by atoms with Crippen molar-refractivity contribution in [2.75, 3.05) is 13.2 Å². The van der Waals surface area contributed by atoms with E-state index in [1.165, 1.54) is 18.2 Å². The third-order valence-electron chi connectivity index (χ3n) is 1.92. The number of aromatic hydroxyl groups is 2. The molecule has 0 aromatic heterocycles. The predicted molar refractivity (Wildman–Crippen MR) is 53.2 cm³/mol. The molecule has 0 aliphatic heterocycles. The van der Waals surface area contributed by atoms with Crippen LogP contribution >= 0.6 is 0 Å². The number of aliphatic hydroxyl groups is 1. The molecule has 0 aliphatic carbocycles. The highest BCUT2D eigenvalue weighted by Gasteiger charge is 2.11. The number of nitriles is 1. The van der Waals surface area contributed by atoms with E-state index in [9.17, 15) is 5.11 Å². The van der Waals surface area contributed by atoms with Crippen molar-refractivity contribution in [3.8, 4) is 17.6 Å². The van der Waals surface area contributed by atoms with E-state index >= 15 is 0 Å². The van der Waals surface area contributed by atoms with Crippen molar-refractivity contribution in [3.63, 3.8) is 0 Å². The molecule has 0 fully saturated rings. The van der Waals surface area contributed by atoms with Gasteiger partial charge in [-0.3, -0.25) is 5.32 Å². The van der Waals surface area contributed by atoms with Crippen molar-refractivity contribution in [2.24, 2.45) is 0 Å². The molecule has 4 N–H and O–H groups in total. The lowest BCUT2D eigenvalue weighted by Crippen LogP contribution is -2.23. The van der Waals surface area contributed by atoms with E-state index in [-0.39, 0.29) is 18.1 Å². The third kappa shape index (κ3) is 2.84. The first-order valence-corrected chi connectivity index (χ1v) is 4.44. The van der Waals surface area contributed by atoms with Gasteiger partial charge in [0.2, 0.25) is 0 Å². The molecular weight excluding hydrogens is 196 g/mol. The standard InChI is InChI=1S/C10H12N2O3/c11-6-8(12-3-4-13)7-1-2-9(14)10(15)5-7/h1-2,5,8,12-15H,3-4H2. The molecule has 1 atom stereocenters. The molecule has 1 rings (SSSR count). The lowest BCUT2D eigenvalue weighted by Gasteiger charge is -2.11. The molecule has 0 saturated carbocycles. The predicted octanol–water partition coefficient (Wildman–Crippen LogP) is 0.244. The number of hydrogen-bond donors (Lipinski definition) is 4. The van der Waals surface area contributed by atoms with Crippen LogP contribution in [0.25, 0.3) is 0 Å². The molecule has 0 saturated heterocycles. The minimum atomic E-state index is -0.608. The van der Waals surface area contributed by atoms with Gasteiger partial charge in [-0.1, -0.05) is 6.07 Å². The summed E-state index contributed by atoms with van der Waals surface area (Å²) in [6.07, 6.45) is 0. The highest BCUT2D eigenvalue weighted by atomic mass is 16.3. The van der Waals surface area contributed by atoms with Crippen molar-refractivity contribution in [1.29, 1.82) is 5.26 Å². The summed E-state index contributed by atoms with van der Waals surface area (Å²) in [7, 11) is 0. The Labute approximate surface area is 87.2 Å². The Bertz CT molecular complexity index is 373. The molecular formula is C10H12N2O3. The molecule has 1 aromatic rings. The second kappa shape index (κ2) is 5.20. The van der Waals surface area contributed by atoms with Gasteiger partial charge in [0.25, 0.3) is 0 Å². The van der Waals surface area contributed by atoms with Crippen molar-refractivity contribution in [3.05, 3.63) is 23.8 Å². The monoisotopic (exact) mass is 208 g/mol. The lowest BCUT2D eigenvalue weighted by molar-refractivity contribution is 0.289. The first-order chi connectivity index (χ1) is 7.19. The first-order valence-electron chi connectivity index (χ1n) is 4.44. The summed E-state index contributed by atoms with van der Waals surface area (Å²) in [5.74, 6) is -0.490. The van der Waals surface area contributed by atoms with Crippen molar-refractivity contribution in [1.82, 2.24) is 5.32 Å². The second-order valence-electron chi connectivity index (χ2n) is 2.99. The van der Waals surface area contributed by atoms with Crippen LogP contribution in [-0.2, 0) is 0 Å². The fourth-order valence-corrected chi connectivity index (χ4v) is 1.17. The molecule has 80 valence electrons. The first kappa shape index (κ1) is 11.3. The normalized spacial score (nSPS) is 12.0. The quantitative estimate of drug-likeness (QED) is 0.532. The number of phenolic OH excluding ortho intramolecular Hbond substituents is 2. The van der Waals surface area contributed by atoms with Crippen LogP contribution in [0, 0.1) is 11.3 Å². The van der Waals surface area contributed by atoms with Gasteiger partial charge in [-0.05, 0) is 17.7 Å². The van der Waals surface area contributed by atoms with Crippen LogP contribution in [0.4, 0.5) is 0 Å². The molecule has 1 aromatic carbocycles. The molecule has 15 heavy (non-hydrogen) atoms. The van der Waals surface area contributed by atoms with Crippen LogP contribution in [0.5, 0.6) is 11.5 Å². The molecule has 0 radical (unpaired) electrons. The fourth-order valence-electron chi connectivity index (χ4n) is 1.17. The van der Waals surface area contributed by atoms with E-state index in [2.05, 4.69) is 5.32 Å². The SMILES string of the molecule is N#CC(NCCO)c1ccc(O)c(O)c1. The number of nitrogens with zero attached hydrogens (tertiary/aromatic N) is 1. The number of aliphatic hydroxyl groups excluding tert-OH is 1. The van der Waals surface area contributed by atoms with Gasteiger partial charge >= 0.3 is 0 Å². The van der Waals surface area contributed by atoms with E-state index in [1.807, 2.05) is 6.07 Å². The highest BCUT2D eigenvalue weighted by Crippen LogP contribution is 2.27. The third-order valence-corrected chi connectivity index (χ3v) is 1.92. The molecule has 0 spiro atoms. The molecule has 5 heteroatoms. The number of phenols is 2. The summed E-state index contributed by atoms with van der Waals surface area (Å²) in [6, 6.07) is 5.54. The summed E-state index contributed by atoms with van der Waals surface area (Å²) in [6.45, 7) is 0.224. The number of benzene rings is 1. The van der Waals surface area contributed by atoms with E-state index in [0.717, 1.165) is 0 Å². The second-order valence-corrected chi connectivity index (χ2v) is 2.99. The van der Waals surface area contributed by atoms with E-state index in [0.29, 0.717) is 12.1 Å². The van der Waals surface area contributed by atoms with Crippen LogP contribution in [0.15, 0.2) is 18.2 Å². The number of hydrogen-bond acceptors (Lipinski definition) is 5. The summed E-state index contributed by atoms with van der Waals surface area (Å²) in [5.41, 5.74) is 0.543. The van der Waals surface area contributed by atoms with Crippen LogP contribution in [0.2, 0.25) is 0 Å². The van der Waals surface area contributed by atoms with E-state index < -0.39 is 6.04 Å². The minimum absolute atomic E-state index is 0.0672. The van der Waals surface area contributed by atoms with Gasteiger partial charge in [0.15, 0.2) is 11.5 Å². The maximum atomic E-state index is 9.23. The maximum absolute atomic E-state index is 9.23. The van der Waals surface area contributed by atoms with Gasteiger partial charge in [0.05, 0.1) is 12.7 Å². The summed E-state index contributed by atoms with van der Waals surface area (Å²) < 4.78 is 0. The zero-order chi connectivity index (χ0) is 11.3. The van der Waals surface area contributed by atoms with Gasteiger partial charge in [0, 0.05) is 6.54 Å². The van der Waals surface area contributed by atoms with Gasteiger partial charge < -0.3 is 15.3 Å². The molecule has 1 unspecified atom stereocenters. The summed E-state index contributed by atoms with van der Waals surface area (Å²) in [5, 5.41) is 38.5. The zero-order valence-corrected chi connectivity index (χ0v) is 8.01. The zero-order valence-electron chi connectivity index (χ0n) is 8.01. The van der Waals surface area contributed by atoms with Crippen LogP contribution in [0.1, 0.15) is 11.6 Å². The molecule has 5 nitrogen and oxygen atoms in total. The van der Waals surface area contributed by atoms with E-state index in [1.54, 1.807) is 0 Å². The van der Waals surface area contributed by atoms with Crippen LogP contribution < -0.4 is 5.32 Å². The van der Waals surface area contributed by atoms with Crippen LogP contribution in [-0.4, -0.2) is 28.5 Å². The summed E-state index contributed by atoms with van der Waals surface area (Å²) in [4.78, 5) is 0. The topological polar surface area (TPSA) is 96.5 Å². The Balaban J connectivity index is 2.84. The van der Waals surface area contributed by atoms with Gasteiger partial charge in [0.1, 0.15) is 6.04 Å². The Morgan fingerprint density at radius 1 is 1.33 bits per heavy atom. The molecule has 0 heterocycles. The Morgan fingerprint density at radius 3 is 2.60 bits per heavy atom. The average Bonchev–Trinajstić information content (AvgIpc) is 2.24. The van der Waals surface area contributed by atoms with Crippen LogP contribution in [0.3, 0.4) is 0 Å². The smallest absolute Gasteiger partial charge is 0.157 e. The van der Waals surface area contributed by atoms with Crippen molar-refractivity contribution >= 4 is 0 Å². The lowest BCUT2D eigenvalue weighted by atomic mass is 10.1. The number of rotatable bonds is 4. The average molecular weight is 208 g/mol. The maximum Gasteiger partial charge on any atom is 0.157 e. The summed E-state index contributed by atoms with van der Waals surface area (Å²) >= 11 is 0. The highest BCUT2D eigenvalue weighted by molar-refractivity contribution is 5.42. The van der Waals surface area contributed by atoms with E-state index in [4.69, 9.17) is 15.5 Å². The van der Waals surface area contributed by atoms with Crippen molar-refractivity contribution < 1.29 is 15.3 Å². The molecule has 0 amide bonds. The Hall–Kier alpha value is -1.77. The molecule has 0 aliphatic rings. The van der Waals surface area contributed by atoms with Gasteiger partial charge in [-0.2, -0.15) is 5.26 Å². The fraction of sp³-hybridized carbons (Fsp3) is 0.300. The van der Waals surface area contributed by atoms with Crippen molar-refractivity contribution in [2.45, 2.75) is 6.04 Å².